The van der Waals surface area contributed by atoms with Gasteiger partial charge < -0.3 is 19.3 Å². The van der Waals surface area contributed by atoms with Crippen LogP contribution in [0.3, 0.4) is 0 Å². The molecule has 42 heavy (non-hydrogen) atoms. The molecule has 2 fully saturated rings. The van der Waals surface area contributed by atoms with Crippen molar-refractivity contribution in [2.75, 3.05) is 88.5 Å². The lowest BCUT2D eigenvalue weighted by atomic mass is 10.2. The lowest BCUT2D eigenvalue weighted by molar-refractivity contribution is 0.0496. The number of benzene rings is 2. The molecule has 0 unspecified atom stereocenters. The summed E-state index contributed by atoms with van der Waals surface area (Å²) in [4.78, 5) is 33.3. The van der Waals surface area contributed by atoms with E-state index in [1.54, 1.807) is 0 Å². The van der Waals surface area contributed by atoms with Gasteiger partial charge in [0.2, 0.25) is 0 Å². The Bertz CT molecular complexity index is 1040. The van der Waals surface area contributed by atoms with Crippen LogP contribution in [0.2, 0.25) is 0 Å². The van der Waals surface area contributed by atoms with Gasteiger partial charge in [-0.05, 0) is 87.8 Å². The highest BCUT2D eigenvalue weighted by molar-refractivity contribution is 5.90. The molecule has 0 radical (unpaired) electrons. The van der Waals surface area contributed by atoms with Gasteiger partial charge in [-0.15, -0.1) is 0 Å². The maximum Gasteiger partial charge on any atom is 0.338 e. The molecule has 0 aromatic heterocycles. The van der Waals surface area contributed by atoms with Crippen LogP contribution in [0.4, 0.5) is 11.4 Å². The Labute approximate surface area is 253 Å². The van der Waals surface area contributed by atoms with E-state index < -0.39 is 0 Å². The first-order valence-electron chi connectivity index (χ1n) is 16.0. The monoisotopic (exact) mass is 580 g/mol. The van der Waals surface area contributed by atoms with E-state index in [-0.39, 0.29) is 11.9 Å². The van der Waals surface area contributed by atoms with Gasteiger partial charge in [0.15, 0.2) is 0 Å². The van der Waals surface area contributed by atoms with Crippen molar-refractivity contribution in [1.29, 1.82) is 0 Å². The molecule has 0 spiro atoms. The summed E-state index contributed by atoms with van der Waals surface area (Å²) in [6.45, 7) is 20.4. The quantitative estimate of drug-likeness (QED) is 0.239. The number of anilines is 2. The first-order chi connectivity index (χ1) is 20.5. The van der Waals surface area contributed by atoms with Crippen LogP contribution in [-0.2, 0) is 9.47 Å². The standard InChI is InChI=1S/C18H28N2O2.C16H24N2O2/c1-3-5-15-22-18(21)16-6-8-17(9-7-16)20-13-11-19(10-4-2)12-14-20;1-3-9-17-10-12-18(13-11-17)15-7-5-14(6-8-15)16(19)20-4-2/h6-9H,3-5,10-15H2,1-2H3;5-8H,3-4,9-13H2,1-2H3. The van der Waals surface area contributed by atoms with E-state index in [4.69, 9.17) is 9.47 Å². The molecule has 0 bridgehead atoms. The van der Waals surface area contributed by atoms with Gasteiger partial charge in [-0.25, -0.2) is 9.59 Å². The predicted molar refractivity (Wildman–Crippen MR) is 172 cm³/mol. The summed E-state index contributed by atoms with van der Waals surface area (Å²) in [5, 5.41) is 0. The van der Waals surface area contributed by atoms with Crippen molar-refractivity contribution in [2.45, 2.75) is 53.4 Å². The van der Waals surface area contributed by atoms with Gasteiger partial charge in [0.1, 0.15) is 0 Å². The molecular weight excluding hydrogens is 528 g/mol. The van der Waals surface area contributed by atoms with Crippen LogP contribution in [0.1, 0.15) is 74.1 Å². The zero-order chi connectivity index (χ0) is 30.2. The van der Waals surface area contributed by atoms with E-state index >= 15 is 0 Å². The fourth-order valence-corrected chi connectivity index (χ4v) is 5.32. The van der Waals surface area contributed by atoms with Gasteiger partial charge in [0.05, 0.1) is 24.3 Å². The molecule has 2 saturated heterocycles. The van der Waals surface area contributed by atoms with Crippen LogP contribution in [0.5, 0.6) is 0 Å². The van der Waals surface area contributed by atoms with Crippen molar-refractivity contribution in [3.63, 3.8) is 0 Å². The van der Waals surface area contributed by atoms with Crippen LogP contribution in [0.25, 0.3) is 0 Å². The van der Waals surface area contributed by atoms with E-state index in [0.29, 0.717) is 24.3 Å². The van der Waals surface area contributed by atoms with Gasteiger partial charge in [-0.3, -0.25) is 9.80 Å². The number of carbonyl (C=O) groups is 2. The normalized spacial score (nSPS) is 16.0. The number of rotatable bonds is 12. The number of ether oxygens (including phenoxy) is 2. The first-order valence-corrected chi connectivity index (χ1v) is 16.0. The third-order valence-electron chi connectivity index (χ3n) is 7.77. The number of hydrogen-bond donors (Lipinski definition) is 0. The summed E-state index contributed by atoms with van der Waals surface area (Å²) in [6.07, 6.45) is 4.39. The van der Waals surface area contributed by atoms with Gasteiger partial charge in [-0.1, -0.05) is 27.2 Å². The van der Waals surface area contributed by atoms with E-state index in [2.05, 4.69) is 40.4 Å². The maximum atomic E-state index is 11.9. The van der Waals surface area contributed by atoms with E-state index in [1.165, 1.54) is 37.3 Å². The Morgan fingerprint density at radius 1 is 0.571 bits per heavy atom. The summed E-state index contributed by atoms with van der Waals surface area (Å²) in [5.74, 6) is -0.459. The van der Waals surface area contributed by atoms with Crippen molar-refractivity contribution in [3.8, 4) is 0 Å². The second kappa shape index (κ2) is 18.4. The topological polar surface area (TPSA) is 65.6 Å². The van der Waals surface area contributed by atoms with Crippen LogP contribution in [0.15, 0.2) is 48.5 Å². The molecule has 2 aliphatic rings. The molecule has 8 nitrogen and oxygen atoms in total. The number of piperazine rings is 2. The molecule has 232 valence electrons. The second-order valence-corrected chi connectivity index (χ2v) is 11.0. The maximum absolute atomic E-state index is 11.9. The minimum absolute atomic E-state index is 0.215. The summed E-state index contributed by atoms with van der Waals surface area (Å²) in [7, 11) is 0. The summed E-state index contributed by atoms with van der Waals surface area (Å²) in [6, 6.07) is 15.6. The summed E-state index contributed by atoms with van der Waals surface area (Å²) >= 11 is 0. The minimum atomic E-state index is -0.244. The highest BCUT2D eigenvalue weighted by atomic mass is 16.5. The Morgan fingerprint density at radius 3 is 1.33 bits per heavy atom. The fraction of sp³-hybridized carbons (Fsp3) is 0.588. The zero-order valence-electron chi connectivity index (χ0n) is 26.4. The number of hydrogen-bond acceptors (Lipinski definition) is 8. The molecule has 2 aromatic carbocycles. The molecule has 2 aliphatic heterocycles. The molecule has 0 aliphatic carbocycles. The average molecular weight is 581 g/mol. The summed E-state index contributed by atoms with van der Waals surface area (Å²) < 4.78 is 10.2. The molecule has 2 aromatic rings. The Balaban J connectivity index is 0.000000231. The lowest BCUT2D eigenvalue weighted by Gasteiger charge is -2.36. The Kier molecular flexibility index (Phi) is 14.7. The number of carbonyl (C=O) groups excluding carboxylic acids is 2. The first kappa shape index (κ1) is 33.4. The smallest absolute Gasteiger partial charge is 0.338 e. The van der Waals surface area contributed by atoms with Crippen molar-refractivity contribution in [3.05, 3.63) is 59.7 Å². The Hall–Kier alpha value is -3.10. The van der Waals surface area contributed by atoms with Gasteiger partial charge >= 0.3 is 11.9 Å². The third kappa shape index (κ3) is 10.6. The molecule has 0 saturated carbocycles. The largest absolute Gasteiger partial charge is 0.462 e. The SMILES string of the molecule is CCCCOC(=O)c1ccc(N2CCN(CCC)CC2)cc1.CCCN1CCN(c2ccc(C(=O)OCC)cc2)CC1. The fourth-order valence-electron chi connectivity index (χ4n) is 5.32. The molecule has 8 heteroatoms. The Morgan fingerprint density at radius 2 is 0.976 bits per heavy atom. The average Bonchev–Trinajstić information content (AvgIpc) is 3.03. The van der Waals surface area contributed by atoms with Crippen molar-refractivity contribution >= 4 is 23.3 Å². The second-order valence-electron chi connectivity index (χ2n) is 11.0. The highest BCUT2D eigenvalue weighted by Crippen LogP contribution is 2.19. The molecule has 0 N–H and O–H groups in total. The molecule has 0 atom stereocenters. The van der Waals surface area contributed by atoms with Crippen molar-refractivity contribution in [1.82, 2.24) is 9.80 Å². The van der Waals surface area contributed by atoms with Crippen LogP contribution < -0.4 is 9.80 Å². The van der Waals surface area contributed by atoms with Crippen molar-refractivity contribution in [2.24, 2.45) is 0 Å². The number of unbranched alkanes of at least 4 members (excludes halogenated alkanes) is 1. The molecular formula is C34H52N4O4. The molecule has 2 heterocycles. The van der Waals surface area contributed by atoms with Gasteiger partial charge in [-0.2, -0.15) is 0 Å². The van der Waals surface area contributed by atoms with E-state index in [9.17, 15) is 9.59 Å². The molecule has 0 amide bonds. The zero-order valence-corrected chi connectivity index (χ0v) is 26.4. The van der Waals surface area contributed by atoms with Crippen LogP contribution in [-0.4, -0.2) is 100 Å². The van der Waals surface area contributed by atoms with Crippen molar-refractivity contribution < 1.29 is 19.1 Å². The van der Waals surface area contributed by atoms with E-state index in [1.807, 2.05) is 55.5 Å². The number of nitrogens with zero attached hydrogens (tertiary/aromatic N) is 4. The molecule has 4 rings (SSSR count). The number of esters is 2. The lowest BCUT2D eigenvalue weighted by Crippen LogP contribution is -2.46. The summed E-state index contributed by atoms with van der Waals surface area (Å²) in [5.41, 5.74) is 3.65. The minimum Gasteiger partial charge on any atom is -0.462 e. The van der Waals surface area contributed by atoms with Gasteiger partial charge in [0, 0.05) is 63.7 Å². The third-order valence-corrected chi connectivity index (χ3v) is 7.77. The predicted octanol–water partition coefficient (Wildman–Crippen LogP) is 5.57. The highest BCUT2D eigenvalue weighted by Gasteiger charge is 2.18. The van der Waals surface area contributed by atoms with E-state index in [0.717, 1.165) is 65.2 Å². The van der Waals surface area contributed by atoms with Crippen LogP contribution >= 0.6 is 0 Å². The van der Waals surface area contributed by atoms with Gasteiger partial charge in [0.25, 0.3) is 0 Å². The van der Waals surface area contributed by atoms with Crippen LogP contribution in [0, 0.1) is 0 Å².